The molecule has 6 nitrogen and oxygen atoms in total. The first-order valence-electron chi connectivity index (χ1n) is 9.13. The molecule has 2 aromatic rings. The molecule has 2 aliphatic rings. The van der Waals surface area contributed by atoms with Gasteiger partial charge in [-0.25, -0.2) is 8.42 Å². The van der Waals surface area contributed by atoms with E-state index in [4.69, 9.17) is 0 Å². The average molecular weight is 375 g/mol. The second-order valence-corrected chi connectivity index (χ2v) is 9.67. The van der Waals surface area contributed by atoms with Crippen LogP contribution in [0.1, 0.15) is 16.8 Å². The molecule has 0 unspecified atom stereocenters. The summed E-state index contributed by atoms with van der Waals surface area (Å²) in [4.78, 5) is 4.71. The Labute approximate surface area is 155 Å². The molecule has 0 spiro atoms. The third-order valence-corrected chi connectivity index (χ3v) is 7.54. The molecule has 2 fully saturated rings. The van der Waals surface area contributed by atoms with Gasteiger partial charge in [-0.15, -0.1) is 0 Å². The molecule has 2 saturated heterocycles. The lowest BCUT2D eigenvalue weighted by atomic mass is 10.0. The van der Waals surface area contributed by atoms with Crippen LogP contribution in [-0.4, -0.2) is 64.7 Å². The second kappa shape index (κ2) is 6.79. The number of hydrogen-bond acceptors (Lipinski definition) is 5. The second-order valence-electron chi connectivity index (χ2n) is 7.52. The van der Waals surface area contributed by atoms with Crippen LogP contribution in [0.15, 0.2) is 36.5 Å². The van der Waals surface area contributed by atoms with Crippen molar-refractivity contribution in [2.45, 2.75) is 32.1 Å². The van der Waals surface area contributed by atoms with E-state index in [1.165, 1.54) is 11.1 Å². The van der Waals surface area contributed by atoms with Crippen molar-refractivity contribution in [2.24, 2.45) is 7.05 Å². The Kier molecular flexibility index (Phi) is 4.62. The van der Waals surface area contributed by atoms with Crippen molar-refractivity contribution in [3.63, 3.8) is 0 Å². The van der Waals surface area contributed by atoms with Gasteiger partial charge in [0, 0.05) is 56.6 Å². The highest BCUT2D eigenvalue weighted by molar-refractivity contribution is 7.91. The summed E-state index contributed by atoms with van der Waals surface area (Å²) in [5.74, 6) is 0.537. The minimum atomic E-state index is -2.99. The van der Waals surface area contributed by atoms with Crippen molar-refractivity contribution in [3.8, 4) is 0 Å². The fourth-order valence-electron chi connectivity index (χ4n) is 4.23. The van der Waals surface area contributed by atoms with Crippen LogP contribution >= 0.6 is 0 Å². The third kappa shape index (κ3) is 3.43. The van der Waals surface area contributed by atoms with E-state index >= 15 is 0 Å². The number of hydrogen-bond donors (Lipinski definition) is 0. The van der Waals surface area contributed by atoms with Gasteiger partial charge in [0.1, 0.15) is 0 Å². The van der Waals surface area contributed by atoms with Gasteiger partial charge in [0.05, 0.1) is 17.7 Å². The van der Waals surface area contributed by atoms with Gasteiger partial charge in [-0.1, -0.05) is 30.3 Å². The third-order valence-electron chi connectivity index (χ3n) is 5.84. The van der Waals surface area contributed by atoms with Gasteiger partial charge in [-0.3, -0.25) is 14.5 Å². The van der Waals surface area contributed by atoms with Crippen LogP contribution in [0.4, 0.5) is 0 Å². The van der Waals surface area contributed by atoms with Crippen LogP contribution in [0.2, 0.25) is 0 Å². The number of aryl methyl sites for hydroxylation is 1. The van der Waals surface area contributed by atoms with Crippen molar-refractivity contribution >= 4 is 9.84 Å². The van der Waals surface area contributed by atoms with Gasteiger partial charge < -0.3 is 0 Å². The first kappa shape index (κ1) is 17.7. The standard InChI is InChI=1S/C19H26N4O2S/c1-15-17(10-20-21(15)2)12-23-9-8-22(11-16-6-4-3-5-7-16)18-13-26(24,25)14-19(18)23/h3-7,10,18-19H,8-9,11-14H2,1-2H3/t18-,19+/m1/s1. The minimum absolute atomic E-state index is 0.0667. The van der Waals surface area contributed by atoms with Crippen LogP contribution in [0.3, 0.4) is 0 Å². The molecule has 140 valence electrons. The summed E-state index contributed by atoms with van der Waals surface area (Å²) in [6, 6.07) is 10.5. The van der Waals surface area contributed by atoms with E-state index in [2.05, 4.69) is 34.0 Å². The van der Waals surface area contributed by atoms with Crippen molar-refractivity contribution in [1.29, 1.82) is 0 Å². The Morgan fingerprint density at radius 3 is 2.23 bits per heavy atom. The summed E-state index contributed by atoms with van der Waals surface area (Å²) in [7, 11) is -1.04. The highest BCUT2D eigenvalue weighted by Crippen LogP contribution is 2.29. The van der Waals surface area contributed by atoms with Crippen molar-refractivity contribution < 1.29 is 8.42 Å². The Morgan fingerprint density at radius 1 is 1.04 bits per heavy atom. The van der Waals surface area contributed by atoms with Gasteiger partial charge in [0.25, 0.3) is 0 Å². The van der Waals surface area contributed by atoms with Gasteiger partial charge in [-0.2, -0.15) is 5.10 Å². The van der Waals surface area contributed by atoms with E-state index in [0.717, 1.165) is 31.9 Å². The fourth-order valence-corrected chi connectivity index (χ4v) is 6.27. The number of aromatic nitrogens is 2. The van der Waals surface area contributed by atoms with Gasteiger partial charge in [-0.05, 0) is 12.5 Å². The zero-order valence-electron chi connectivity index (χ0n) is 15.4. The summed E-state index contributed by atoms with van der Waals surface area (Å²) in [6.45, 7) is 5.44. The summed E-state index contributed by atoms with van der Waals surface area (Å²) in [5.41, 5.74) is 3.58. The zero-order chi connectivity index (χ0) is 18.3. The topological polar surface area (TPSA) is 58.4 Å². The summed E-state index contributed by atoms with van der Waals surface area (Å²) < 4.78 is 26.7. The summed E-state index contributed by atoms with van der Waals surface area (Å²) in [5, 5.41) is 4.33. The maximum absolute atomic E-state index is 12.4. The molecular weight excluding hydrogens is 348 g/mol. The lowest BCUT2D eigenvalue weighted by molar-refractivity contribution is 0.0354. The van der Waals surface area contributed by atoms with E-state index in [0.29, 0.717) is 0 Å². The average Bonchev–Trinajstić information content (AvgIpc) is 3.11. The molecular formula is C19H26N4O2S. The number of fused-ring (bicyclic) bond motifs is 1. The molecule has 0 bridgehead atoms. The maximum Gasteiger partial charge on any atom is 0.153 e. The molecule has 3 heterocycles. The maximum atomic E-state index is 12.4. The predicted molar refractivity (Wildman–Crippen MR) is 101 cm³/mol. The molecule has 0 radical (unpaired) electrons. The smallest absolute Gasteiger partial charge is 0.153 e. The van der Waals surface area contributed by atoms with E-state index in [1.807, 2.05) is 36.1 Å². The van der Waals surface area contributed by atoms with E-state index in [1.54, 1.807) is 0 Å². The first-order chi connectivity index (χ1) is 12.4. The Morgan fingerprint density at radius 2 is 1.65 bits per heavy atom. The quantitative estimate of drug-likeness (QED) is 0.805. The van der Waals surface area contributed by atoms with E-state index < -0.39 is 9.84 Å². The zero-order valence-corrected chi connectivity index (χ0v) is 16.2. The predicted octanol–water partition coefficient (Wildman–Crippen LogP) is 1.21. The molecule has 0 saturated carbocycles. The number of nitrogens with zero attached hydrogens (tertiary/aromatic N) is 4. The summed E-state index contributed by atoms with van der Waals surface area (Å²) in [6.07, 6.45) is 1.91. The highest BCUT2D eigenvalue weighted by Gasteiger charge is 2.46. The fraction of sp³-hybridized carbons (Fsp3) is 0.526. The normalized spacial score (nSPS) is 26.1. The van der Waals surface area contributed by atoms with Crippen LogP contribution < -0.4 is 0 Å². The Balaban J connectivity index is 1.54. The van der Waals surface area contributed by atoms with Crippen molar-refractivity contribution in [2.75, 3.05) is 24.6 Å². The van der Waals surface area contributed by atoms with Crippen molar-refractivity contribution in [1.82, 2.24) is 19.6 Å². The highest BCUT2D eigenvalue weighted by atomic mass is 32.2. The molecule has 26 heavy (non-hydrogen) atoms. The lowest BCUT2D eigenvalue weighted by Crippen LogP contribution is -2.58. The van der Waals surface area contributed by atoms with Gasteiger partial charge in [0.2, 0.25) is 0 Å². The lowest BCUT2D eigenvalue weighted by Gasteiger charge is -2.44. The molecule has 0 N–H and O–H groups in total. The van der Waals surface area contributed by atoms with Crippen LogP contribution in [-0.2, 0) is 30.0 Å². The SMILES string of the molecule is Cc1c(CN2CCN(Cc3ccccc3)[C@@H]3CS(=O)(=O)C[C@@H]32)cnn1C. The van der Waals surface area contributed by atoms with Crippen LogP contribution in [0.25, 0.3) is 0 Å². The molecule has 7 heteroatoms. The molecule has 0 amide bonds. The largest absolute Gasteiger partial charge is 0.292 e. The first-order valence-corrected chi connectivity index (χ1v) is 10.9. The molecule has 0 aliphatic carbocycles. The van der Waals surface area contributed by atoms with Gasteiger partial charge in [0.15, 0.2) is 9.84 Å². The van der Waals surface area contributed by atoms with Crippen LogP contribution in [0.5, 0.6) is 0 Å². The molecule has 1 aromatic carbocycles. The number of rotatable bonds is 4. The van der Waals surface area contributed by atoms with E-state index in [-0.39, 0.29) is 23.6 Å². The summed E-state index contributed by atoms with van der Waals surface area (Å²) >= 11 is 0. The monoisotopic (exact) mass is 374 g/mol. The number of sulfone groups is 1. The molecule has 4 rings (SSSR count). The molecule has 2 atom stereocenters. The Hall–Kier alpha value is -1.70. The number of piperazine rings is 1. The molecule has 2 aliphatic heterocycles. The van der Waals surface area contributed by atoms with Crippen LogP contribution in [0, 0.1) is 6.92 Å². The number of benzene rings is 1. The van der Waals surface area contributed by atoms with Gasteiger partial charge >= 0.3 is 0 Å². The van der Waals surface area contributed by atoms with E-state index in [9.17, 15) is 8.42 Å². The minimum Gasteiger partial charge on any atom is -0.292 e. The van der Waals surface area contributed by atoms with Crippen molar-refractivity contribution in [3.05, 3.63) is 53.3 Å². The Bertz CT molecular complexity index is 878. The molecule has 1 aromatic heterocycles.